The Bertz CT molecular complexity index is 946. The summed E-state index contributed by atoms with van der Waals surface area (Å²) in [5.74, 6) is -0.0289. The number of amides is 2. The highest BCUT2D eigenvalue weighted by Gasteiger charge is 2.32. The zero-order valence-electron chi connectivity index (χ0n) is 17.4. The Kier molecular flexibility index (Phi) is 6.87. The number of ether oxygens (including phenoxy) is 1. The van der Waals surface area contributed by atoms with E-state index in [0.717, 1.165) is 17.7 Å². The lowest BCUT2D eigenvalue weighted by atomic mass is 10.0. The third-order valence-electron chi connectivity index (χ3n) is 5.18. The highest BCUT2D eigenvalue weighted by atomic mass is 19.4. The van der Waals surface area contributed by atoms with Crippen molar-refractivity contribution >= 4 is 11.8 Å². The monoisotopic (exact) mass is 434 g/mol. The summed E-state index contributed by atoms with van der Waals surface area (Å²) in [6.07, 6.45) is -4.29. The van der Waals surface area contributed by atoms with E-state index >= 15 is 0 Å². The minimum absolute atomic E-state index is 0.0738. The predicted molar refractivity (Wildman–Crippen MR) is 109 cm³/mol. The summed E-state index contributed by atoms with van der Waals surface area (Å²) < 4.78 is 45.3. The molecule has 3 rings (SSSR count). The molecular weight excluding hydrogens is 409 g/mol. The molecule has 0 aromatic heterocycles. The predicted octanol–water partition coefficient (Wildman–Crippen LogP) is 4.26. The van der Waals surface area contributed by atoms with E-state index in [9.17, 15) is 22.8 Å². The largest absolute Gasteiger partial charge is 0.481 e. The van der Waals surface area contributed by atoms with Crippen molar-refractivity contribution < 1.29 is 27.5 Å². The van der Waals surface area contributed by atoms with Gasteiger partial charge in [0.1, 0.15) is 5.75 Å². The van der Waals surface area contributed by atoms with Crippen molar-refractivity contribution in [1.29, 1.82) is 0 Å². The molecular formula is C23H25F3N2O3. The van der Waals surface area contributed by atoms with Crippen molar-refractivity contribution in [3.63, 3.8) is 0 Å². The first-order valence-corrected chi connectivity index (χ1v) is 10.1. The fourth-order valence-corrected chi connectivity index (χ4v) is 3.52. The van der Waals surface area contributed by atoms with Gasteiger partial charge in [-0.1, -0.05) is 24.3 Å². The number of nitrogens with zero attached hydrogens (tertiary/aromatic N) is 1. The van der Waals surface area contributed by atoms with E-state index in [1.807, 2.05) is 13.0 Å². The SMILES string of the molecule is Cc1cccc(OC(C)C(=O)NC(CN2CCCC2=O)c2cccc(C(F)(F)F)c2)c1. The number of rotatable bonds is 7. The molecule has 166 valence electrons. The molecule has 1 aliphatic rings. The molecule has 31 heavy (non-hydrogen) atoms. The van der Waals surface area contributed by atoms with Gasteiger partial charge in [0.25, 0.3) is 5.91 Å². The normalized spacial score (nSPS) is 16.2. The van der Waals surface area contributed by atoms with Crippen LogP contribution >= 0.6 is 0 Å². The second-order valence-corrected chi connectivity index (χ2v) is 7.70. The van der Waals surface area contributed by atoms with E-state index in [0.29, 0.717) is 25.1 Å². The second kappa shape index (κ2) is 9.41. The summed E-state index contributed by atoms with van der Waals surface area (Å²) in [7, 11) is 0. The summed E-state index contributed by atoms with van der Waals surface area (Å²) >= 11 is 0. The Morgan fingerprint density at radius 1 is 1.19 bits per heavy atom. The highest BCUT2D eigenvalue weighted by molar-refractivity contribution is 5.81. The van der Waals surface area contributed by atoms with Gasteiger partial charge >= 0.3 is 6.18 Å². The van der Waals surface area contributed by atoms with Crippen LogP contribution in [0.2, 0.25) is 0 Å². The smallest absolute Gasteiger partial charge is 0.416 e. The van der Waals surface area contributed by atoms with E-state index in [1.165, 1.54) is 12.1 Å². The Balaban J connectivity index is 1.79. The van der Waals surface area contributed by atoms with Gasteiger partial charge in [-0.15, -0.1) is 0 Å². The first-order chi connectivity index (χ1) is 14.6. The molecule has 0 saturated carbocycles. The van der Waals surface area contributed by atoms with Crippen LogP contribution in [0.15, 0.2) is 48.5 Å². The first kappa shape index (κ1) is 22.7. The topological polar surface area (TPSA) is 58.6 Å². The van der Waals surface area contributed by atoms with Crippen molar-refractivity contribution in [2.75, 3.05) is 13.1 Å². The van der Waals surface area contributed by atoms with Crippen LogP contribution in [0, 0.1) is 6.92 Å². The Morgan fingerprint density at radius 2 is 1.94 bits per heavy atom. The third-order valence-corrected chi connectivity index (χ3v) is 5.18. The fraction of sp³-hybridized carbons (Fsp3) is 0.391. The maximum absolute atomic E-state index is 13.2. The van der Waals surface area contributed by atoms with Crippen LogP contribution in [-0.4, -0.2) is 35.9 Å². The molecule has 0 spiro atoms. The fourth-order valence-electron chi connectivity index (χ4n) is 3.52. The van der Waals surface area contributed by atoms with Crippen molar-refractivity contribution in [2.45, 2.75) is 45.0 Å². The number of benzene rings is 2. The van der Waals surface area contributed by atoms with Gasteiger partial charge in [0.05, 0.1) is 11.6 Å². The molecule has 1 aliphatic heterocycles. The first-order valence-electron chi connectivity index (χ1n) is 10.1. The summed E-state index contributed by atoms with van der Waals surface area (Å²) in [6, 6.07) is 11.2. The summed E-state index contributed by atoms with van der Waals surface area (Å²) in [5, 5.41) is 2.77. The molecule has 2 aromatic carbocycles. The maximum atomic E-state index is 13.2. The molecule has 0 aliphatic carbocycles. The second-order valence-electron chi connectivity index (χ2n) is 7.70. The molecule has 0 radical (unpaired) electrons. The summed E-state index contributed by atoms with van der Waals surface area (Å²) in [5.41, 5.74) is 0.450. The quantitative estimate of drug-likeness (QED) is 0.709. The average Bonchev–Trinajstić information content (AvgIpc) is 3.11. The maximum Gasteiger partial charge on any atom is 0.416 e. The van der Waals surface area contributed by atoms with Gasteiger partial charge in [-0.2, -0.15) is 13.2 Å². The number of likely N-dealkylation sites (tertiary alicyclic amines) is 1. The Hall–Kier alpha value is -3.03. The zero-order valence-corrected chi connectivity index (χ0v) is 17.4. The van der Waals surface area contributed by atoms with Crippen LogP contribution in [0.5, 0.6) is 5.75 Å². The molecule has 8 heteroatoms. The lowest BCUT2D eigenvalue weighted by Gasteiger charge is -2.27. The lowest BCUT2D eigenvalue weighted by molar-refractivity contribution is -0.137. The van der Waals surface area contributed by atoms with E-state index in [4.69, 9.17) is 4.74 Å². The van der Waals surface area contributed by atoms with Crippen LogP contribution in [0.4, 0.5) is 13.2 Å². The van der Waals surface area contributed by atoms with E-state index in [-0.39, 0.29) is 18.0 Å². The Labute approximate surface area is 179 Å². The van der Waals surface area contributed by atoms with Crippen LogP contribution < -0.4 is 10.1 Å². The van der Waals surface area contributed by atoms with Crippen LogP contribution in [-0.2, 0) is 15.8 Å². The summed E-state index contributed by atoms with van der Waals surface area (Å²) in [6.45, 7) is 4.08. The molecule has 1 saturated heterocycles. The zero-order chi connectivity index (χ0) is 22.6. The number of alkyl halides is 3. The van der Waals surface area contributed by atoms with Gasteiger partial charge in [-0.25, -0.2) is 0 Å². The highest BCUT2D eigenvalue weighted by Crippen LogP contribution is 2.31. The Morgan fingerprint density at radius 3 is 2.58 bits per heavy atom. The molecule has 1 heterocycles. The van der Waals surface area contributed by atoms with Crippen LogP contribution in [0.3, 0.4) is 0 Å². The van der Waals surface area contributed by atoms with E-state index < -0.39 is 29.8 Å². The van der Waals surface area contributed by atoms with Gasteiger partial charge < -0.3 is 15.0 Å². The number of nitrogens with one attached hydrogen (secondary N) is 1. The molecule has 1 fully saturated rings. The minimum Gasteiger partial charge on any atom is -0.481 e. The van der Waals surface area contributed by atoms with Gasteiger partial charge in [0, 0.05) is 19.5 Å². The third kappa shape index (κ3) is 5.99. The van der Waals surface area contributed by atoms with E-state index in [2.05, 4.69) is 5.32 Å². The molecule has 2 unspecified atom stereocenters. The molecule has 0 bridgehead atoms. The van der Waals surface area contributed by atoms with Crippen molar-refractivity contribution in [3.05, 3.63) is 65.2 Å². The number of hydrogen-bond acceptors (Lipinski definition) is 3. The van der Waals surface area contributed by atoms with Gasteiger partial charge in [-0.05, 0) is 55.7 Å². The standard InChI is InChI=1S/C23H25F3N2O3/c1-15-6-3-9-19(12-15)31-16(2)22(30)27-20(14-28-11-5-10-21(28)29)17-7-4-8-18(13-17)23(24,25)26/h3-4,6-9,12-13,16,20H,5,10-11,14H2,1-2H3,(H,27,30). The number of aryl methyl sites for hydroxylation is 1. The minimum atomic E-state index is -4.50. The molecule has 2 atom stereocenters. The van der Waals surface area contributed by atoms with Gasteiger partial charge in [0.15, 0.2) is 6.10 Å². The number of carbonyl (C=O) groups is 2. The van der Waals surface area contributed by atoms with Crippen LogP contribution in [0.1, 0.15) is 42.5 Å². The average molecular weight is 434 g/mol. The van der Waals surface area contributed by atoms with Gasteiger partial charge in [0.2, 0.25) is 5.91 Å². The van der Waals surface area contributed by atoms with Crippen molar-refractivity contribution in [2.24, 2.45) is 0 Å². The number of hydrogen-bond donors (Lipinski definition) is 1. The molecule has 2 aromatic rings. The summed E-state index contributed by atoms with van der Waals surface area (Å²) in [4.78, 5) is 26.4. The van der Waals surface area contributed by atoms with Crippen LogP contribution in [0.25, 0.3) is 0 Å². The molecule has 5 nitrogen and oxygen atoms in total. The van der Waals surface area contributed by atoms with Gasteiger partial charge in [-0.3, -0.25) is 9.59 Å². The molecule has 1 N–H and O–H groups in total. The van der Waals surface area contributed by atoms with E-state index in [1.54, 1.807) is 30.0 Å². The lowest BCUT2D eigenvalue weighted by Crippen LogP contribution is -2.43. The molecule has 2 amide bonds. The van der Waals surface area contributed by atoms with Crippen molar-refractivity contribution in [1.82, 2.24) is 10.2 Å². The number of halogens is 3. The van der Waals surface area contributed by atoms with Crippen molar-refractivity contribution in [3.8, 4) is 5.75 Å². The number of carbonyl (C=O) groups excluding carboxylic acids is 2.